The standard InChI is InChI=1S/C15H27NO3Si/c1-8-18-14(17)12(2)13(11-16)9-10-19-20(6,7)15(3,4)5/h13H,2,8-10H2,1,3-7H3. The molecule has 20 heavy (non-hydrogen) atoms. The van der Waals surface area contributed by atoms with Gasteiger partial charge in [-0.1, -0.05) is 27.4 Å². The largest absolute Gasteiger partial charge is 0.463 e. The van der Waals surface area contributed by atoms with Crippen molar-refractivity contribution < 1.29 is 14.0 Å². The van der Waals surface area contributed by atoms with Crippen molar-refractivity contribution in [3.8, 4) is 6.07 Å². The number of hydrogen-bond donors (Lipinski definition) is 0. The van der Waals surface area contributed by atoms with Crippen LogP contribution in [-0.4, -0.2) is 27.5 Å². The van der Waals surface area contributed by atoms with E-state index in [1.54, 1.807) is 6.92 Å². The van der Waals surface area contributed by atoms with Crippen LogP contribution in [0.15, 0.2) is 12.2 Å². The van der Waals surface area contributed by atoms with Gasteiger partial charge in [0.2, 0.25) is 0 Å². The van der Waals surface area contributed by atoms with E-state index in [1.165, 1.54) is 0 Å². The molecule has 0 fully saturated rings. The first kappa shape index (κ1) is 18.9. The number of nitrogens with zero attached hydrogens (tertiary/aromatic N) is 1. The lowest BCUT2D eigenvalue weighted by Gasteiger charge is -2.36. The Morgan fingerprint density at radius 1 is 1.40 bits per heavy atom. The van der Waals surface area contributed by atoms with Crippen LogP contribution in [0.3, 0.4) is 0 Å². The number of rotatable bonds is 7. The highest BCUT2D eigenvalue weighted by atomic mass is 28.4. The molecule has 0 aliphatic carbocycles. The van der Waals surface area contributed by atoms with Crippen LogP contribution in [0.1, 0.15) is 34.1 Å². The van der Waals surface area contributed by atoms with Gasteiger partial charge in [-0.25, -0.2) is 4.79 Å². The Hall–Kier alpha value is -1.12. The van der Waals surface area contributed by atoms with E-state index in [4.69, 9.17) is 14.4 Å². The molecule has 0 aromatic rings. The van der Waals surface area contributed by atoms with Gasteiger partial charge in [0.25, 0.3) is 0 Å². The molecule has 0 radical (unpaired) electrons. The van der Waals surface area contributed by atoms with Crippen molar-refractivity contribution in [1.82, 2.24) is 0 Å². The summed E-state index contributed by atoms with van der Waals surface area (Å²) in [5.74, 6) is -1.04. The zero-order chi connectivity index (χ0) is 16.0. The predicted molar refractivity (Wildman–Crippen MR) is 82.6 cm³/mol. The number of hydrogen-bond acceptors (Lipinski definition) is 4. The molecular weight excluding hydrogens is 270 g/mol. The molecule has 0 N–H and O–H groups in total. The first-order chi connectivity index (χ1) is 9.06. The average molecular weight is 297 g/mol. The maximum Gasteiger partial charge on any atom is 0.334 e. The normalized spacial score (nSPS) is 13.4. The summed E-state index contributed by atoms with van der Waals surface area (Å²) < 4.78 is 10.9. The van der Waals surface area contributed by atoms with Gasteiger partial charge in [-0.2, -0.15) is 5.26 Å². The predicted octanol–water partition coefficient (Wildman–Crippen LogP) is 3.66. The van der Waals surface area contributed by atoms with Crippen LogP contribution in [0.4, 0.5) is 0 Å². The minimum atomic E-state index is -1.82. The van der Waals surface area contributed by atoms with Crippen LogP contribution >= 0.6 is 0 Å². The summed E-state index contributed by atoms with van der Waals surface area (Å²) in [7, 11) is -1.82. The van der Waals surface area contributed by atoms with E-state index in [0.717, 1.165) is 0 Å². The van der Waals surface area contributed by atoms with Crippen LogP contribution in [0.25, 0.3) is 0 Å². The van der Waals surface area contributed by atoms with Gasteiger partial charge < -0.3 is 9.16 Å². The van der Waals surface area contributed by atoms with Gasteiger partial charge in [-0.15, -0.1) is 0 Å². The van der Waals surface area contributed by atoms with Gasteiger partial charge in [-0.3, -0.25) is 0 Å². The minimum absolute atomic E-state index is 0.132. The SMILES string of the molecule is C=C(C(=O)OCC)C(C#N)CCO[Si](C)(C)C(C)(C)C. The molecule has 0 bridgehead atoms. The molecule has 0 amide bonds. The number of carbonyl (C=O) groups is 1. The molecular formula is C15H27NO3Si. The van der Waals surface area contributed by atoms with Gasteiger partial charge in [0.1, 0.15) is 0 Å². The molecule has 1 unspecified atom stereocenters. The van der Waals surface area contributed by atoms with Crippen molar-refractivity contribution in [2.24, 2.45) is 5.92 Å². The van der Waals surface area contributed by atoms with E-state index in [0.29, 0.717) is 13.0 Å². The number of nitriles is 1. The fraction of sp³-hybridized carbons (Fsp3) is 0.733. The lowest BCUT2D eigenvalue weighted by molar-refractivity contribution is -0.138. The van der Waals surface area contributed by atoms with E-state index in [1.807, 2.05) is 0 Å². The number of ether oxygens (including phenoxy) is 1. The van der Waals surface area contributed by atoms with Crippen molar-refractivity contribution in [3.05, 3.63) is 12.2 Å². The van der Waals surface area contributed by atoms with Crippen LogP contribution in [0, 0.1) is 17.2 Å². The maximum atomic E-state index is 11.6. The molecule has 0 heterocycles. The van der Waals surface area contributed by atoms with Gasteiger partial charge in [0.15, 0.2) is 8.32 Å². The summed E-state index contributed by atoms with van der Waals surface area (Å²) >= 11 is 0. The summed E-state index contributed by atoms with van der Waals surface area (Å²) in [5.41, 5.74) is 0.216. The first-order valence-electron chi connectivity index (χ1n) is 6.96. The summed E-state index contributed by atoms with van der Waals surface area (Å²) in [6, 6.07) is 2.10. The third-order valence-corrected chi connectivity index (χ3v) is 8.33. The Bertz CT molecular complexity index is 391. The fourth-order valence-electron chi connectivity index (χ4n) is 1.33. The average Bonchev–Trinajstić information content (AvgIpc) is 2.32. The molecule has 0 rings (SSSR count). The summed E-state index contributed by atoms with van der Waals surface area (Å²) in [4.78, 5) is 11.6. The van der Waals surface area contributed by atoms with Crippen molar-refractivity contribution in [2.45, 2.75) is 52.2 Å². The Balaban J connectivity index is 4.46. The fourth-order valence-corrected chi connectivity index (χ4v) is 2.39. The third kappa shape index (κ3) is 5.47. The molecule has 0 aromatic heterocycles. The Labute approximate surface area is 123 Å². The molecule has 5 heteroatoms. The van der Waals surface area contributed by atoms with Crippen LogP contribution < -0.4 is 0 Å². The van der Waals surface area contributed by atoms with E-state index in [-0.39, 0.29) is 17.2 Å². The van der Waals surface area contributed by atoms with Gasteiger partial charge in [-0.05, 0) is 31.5 Å². The Morgan fingerprint density at radius 2 is 1.95 bits per heavy atom. The van der Waals surface area contributed by atoms with Crippen LogP contribution in [0.5, 0.6) is 0 Å². The van der Waals surface area contributed by atoms with Gasteiger partial charge >= 0.3 is 5.97 Å². The molecule has 4 nitrogen and oxygen atoms in total. The highest BCUT2D eigenvalue weighted by Gasteiger charge is 2.37. The molecule has 0 saturated carbocycles. The van der Waals surface area contributed by atoms with E-state index in [2.05, 4.69) is 46.5 Å². The van der Waals surface area contributed by atoms with Gasteiger partial charge in [0, 0.05) is 12.2 Å². The quantitative estimate of drug-likeness (QED) is 0.409. The Morgan fingerprint density at radius 3 is 2.35 bits per heavy atom. The number of carbonyl (C=O) groups excluding carboxylic acids is 1. The van der Waals surface area contributed by atoms with E-state index < -0.39 is 20.2 Å². The summed E-state index contributed by atoms with van der Waals surface area (Å²) in [6.45, 7) is 17.0. The summed E-state index contributed by atoms with van der Waals surface area (Å²) in [6.07, 6.45) is 0.473. The lowest BCUT2D eigenvalue weighted by atomic mass is 9.99. The second-order valence-corrected chi connectivity index (χ2v) is 11.1. The Kier molecular flexibility index (Phi) is 7.18. The second-order valence-electron chi connectivity index (χ2n) is 6.32. The van der Waals surface area contributed by atoms with Crippen molar-refractivity contribution in [2.75, 3.05) is 13.2 Å². The lowest BCUT2D eigenvalue weighted by Crippen LogP contribution is -2.41. The van der Waals surface area contributed by atoms with E-state index >= 15 is 0 Å². The van der Waals surface area contributed by atoms with Crippen LogP contribution in [-0.2, 0) is 14.0 Å². The maximum absolute atomic E-state index is 11.6. The number of esters is 1. The zero-order valence-corrected chi connectivity index (χ0v) is 14.6. The smallest absolute Gasteiger partial charge is 0.334 e. The third-order valence-electron chi connectivity index (χ3n) is 3.79. The van der Waals surface area contributed by atoms with Crippen molar-refractivity contribution >= 4 is 14.3 Å². The molecule has 0 spiro atoms. The molecule has 0 aliphatic heterocycles. The molecule has 0 aromatic carbocycles. The highest BCUT2D eigenvalue weighted by Crippen LogP contribution is 2.36. The first-order valence-corrected chi connectivity index (χ1v) is 9.87. The molecule has 0 aliphatic rings. The molecule has 0 saturated heterocycles. The van der Waals surface area contributed by atoms with Crippen molar-refractivity contribution in [3.63, 3.8) is 0 Å². The molecule has 1 atom stereocenters. The minimum Gasteiger partial charge on any atom is -0.463 e. The van der Waals surface area contributed by atoms with Crippen molar-refractivity contribution in [1.29, 1.82) is 5.26 Å². The molecule has 114 valence electrons. The van der Waals surface area contributed by atoms with E-state index in [9.17, 15) is 4.79 Å². The summed E-state index contributed by atoms with van der Waals surface area (Å²) in [5, 5.41) is 9.27. The topological polar surface area (TPSA) is 59.3 Å². The monoisotopic (exact) mass is 297 g/mol. The second kappa shape index (κ2) is 7.60. The highest BCUT2D eigenvalue weighted by molar-refractivity contribution is 6.74. The van der Waals surface area contributed by atoms with Crippen LogP contribution in [0.2, 0.25) is 18.1 Å². The van der Waals surface area contributed by atoms with Gasteiger partial charge in [0.05, 0.1) is 18.6 Å². The zero-order valence-electron chi connectivity index (χ0n) is 13.6.